The molecular weight excluding hydrogens is 266 g/mol. The third-order valence-electron chi connectivity index (χ3n) is 3.31. The molecule has 1 rings (SSSR count). The van der Waals surface area contributed by atoms with Gasteiger partial charge in [0.2, 0.25) is 0 Å². The summed E-state index contributed by atoms with van der Waals surface area (Å²) in [5.41, 5.74) is 6.98. The van der Waals surface area contributed by atoms with Gasteiger partial charge in [-0.15, -0.1) is 0 Å². The van der Waals surface area contributed by atoms with Crippen molar-refractivity contribution in [3.63, 3.8) is 0 Å². The third-order valence-corrected chi connectivity index (χ3v) is 3.31. The van der Waals surface area contributed by atoms with Crippen LogP contribution >= 0.6 is 0 Å². The van der Waals surface area contributed by atoms with Crippen molar-refractivity contribution in [3.8, 4) is 0 Å². The summed E-state index contributed by atoms with van der Waals surface area (Å²) in [5, 5.41) is 8.52. The zero-order valence-corrected chi connectivity index (χ0v) is 12.7. The summed E-state index contributed by atoms with van der Waals surface area (Å²) in [7, 11) is 1.90. The molecule has 0 radical (unpaired) electrons. The molecule has 5 nitrogen and oxygen atoms in total. The number of nitrogens with zero attached hydrogens (tertiary/aromatic N) is 2. The van der Waals surface area contributed by atoms with Crippen LogP contribution < -0.4 is 10.6 Å². The number of para-hydroxylation sites is 1. The van der Waals surface area contributed by atoms with Gasteiger partial charge in [0.1, 0.15) is 0 Å². The number of anilines is 1. The molecule has 0 aromatic heterocycles. The first kappa shape index (κ1) is 17.0. The Labute approximate surface area is 126 Å². The molecule has 1 aromatic carbocycles. The Bertz CT molecular complexity index is 446. The second kappa shape index (κ2) is 9.80. The van der Waals surface area contributed by atoms with Crippen LogP contribution in [0, 0.1) is 0 Å². The van der Waals surface area contributed by atoms with E-state index in [9.17, 15) is 4.79 Å². The zero-order chi connectivity index (χ0) is 15.5. The molecule has 0 saturated heterocycles. The largest absolute Gasteiger partial charge is 0.481 e. The predicted molar refractivity (Wildman–Crippen MR) is 86.7 cm³/mol. The Morgan fingerprint density at radius 2 is 1.76 bits per heavy atom. The normalized spacial score (nSPS) is 11.4. The smallest absolute Gasteiger partial charge is 0.303 e. The third kappa shape index (κ3) is 7.34. The van der Waals surface area contributed by atoms with Gasteiger partial charge in [0.25, 0.3) is 0 Å². The summed E-state index contributed by atoms with van der Waals surface area (Å²) in [4.78, 5) is 16.6. The minimum atomic E-state index is -0.712. The number of hydrogen-bond acceptors (Lipinski definition) is 2. The fourth-order valence-corrected chi connectivity index (χ4v) is 2.00. The molecule has 3 N–H and O–H groups in total. The summed E-state index contributed by atoms with van der Waals surface area (Å²) in [5.74, 6) is -0.191. The number of hydrogen-bond donors (Lipinski definition) is 2. The molecule has 0 aliphatic heterocycles. The van der Waals surface area contributed by atoms with Crippen LogP contribution in [0.1, 0.15) is 38.5 Å². The van der Waals surface area contributed by atoms with Gasteiger partial charge in [0.15, 0.2) is 5.96 Å². The van der Waals surface area contributed by atoms with Gasteiger partial charge in [-0.3, -0.25) is 9.79 Å². The Morgan fingerprint density at radius 1 is 1.14 bits per heavy atom. The van der Waals surface area contributed by atoms with E-state index in [2.05, 4.69) is 4.99 Å². The molecule has 0 bridgehead atoms. The van der Waals surface area contributed by atoms with E-state index in [4.69, 9.17) is 10.8 Å². The highest BCUT2D eigenvalue weighted by molar-refractivity contribution is 5.94. The lowest BCUT2D eigenvalue weighted by Crippen LogP contribution is -2.34. The molecule has 1 aromatic rings. The van der Waals surface area contributed by atoms with Crippen molar-refractivity contribution in [1.82, 2.24) is 0 Å². The Hall–Kier alpha value is -2.04. The first-order valence-electron chi connectivity index (χ1n) is 7.41. The molecule has 21 heavy (non-hydrogen) atoms. The first-order chi connectivity index (χ1) is 10.1. The maximum absolute atomic E-state index is 10.4. The van der Waals surface area contributed by atoms with Gasteiger partial charge in [0, 0.05) is 25.7 Å². The van der Waals surface area contributed by atoms with E-state index in [-0.39, 0.29) is 6.42 Å². The average molecular weight is 291 g/mol. The fourth-order valence-electron chi connectivity index (χ4n) is 2.00. The Morgan fingerprint density at radius 3 is 2.43 bits per heavy atom. The summed E-state index contributed by atoms with van der Waals surface area (Å²) in [6, 6.07) is 9.89. The summed E-state index contributed by atoms with van der Waals surface area (Å²) < 4.78 is 0. The maximum Gasteiger partial charge on any atom is 0.303 e. The van der Waals surface area contributed by atoms with Gasteiger partial charge in [-0.25, -0.2) is 0 Å². The minimum absolute atomic E-state index is 0.271. The second-order valence-corrected chi connectivity index (χ2v) is 5.05. The monoisotopic (exact) mass is 291 g/mol. The average Bonchev–Trinajstić information content (AvgIpc) is 2.49. The van der Waals surface area contributed by atoms with E-state index in [0.29, 0.717) is 12.5 Å². The van der Waals surface area contributed by atoms with Crippen LogP contribution in [0.4, 0.5) is 5.69 Å². The van der Waals surface area contributed by atoms with Crippen molar-refractivity contribution in [2.45, 2.75) is 38.5 Å². The molecular formula is C16H25N3O2. The molecule has 0 spiro atoms. The van der Waals surface area contributed by atoms with Crippen molar-refractivity contribution < 1.29 is 9.90 Å². The van der Waals surface area contributed by atoms with E-state index in [1.807, 2.05) is 42.3 Å². The highest BCUT2D eigenvalue weighted by Crippen LogP contribution is 2.10. The summed E-state index contributed by atoms with van der Waals surface area (Å²) >= 11 is 0. The van der Waals surface area contributed by atoms with Crippen molar-refractivity contribution >= 4 is 17.6 Å². The van der Waals surface area contributed by atoms with Gasteiger partial charge in [-0.1, -0.05) is 37.5 Å². The lowest BCUT2D eigenvalue weighted by Gasteiger charge is -2.17. The predicted octanol–water partition coefficient (Wildman–Crippen LogP) is 2.86. The molecule has 0 atom stereocenters. The number of guanidine groups is 1. The highest BCUT2D eigenvalue weighted by atomic mass is 16.4. The Balaban J connectivity index is 2.17. The van der Waals surface area contributed by atoms with Crippen molar-refractivity contribution in [2.24, 2.45) is 10.7 Å². The number of aliphatic carboxylic acids is 1. The SMILES string of the molecule is CN(C(N)=NCCCCCCCC(=O)O)c1ccccc1. The molecule has 5 heteroatoms. The number of unbranched alkanes of at least 4 members (excludes halogenated alkanes) is 4. The number of aliphatic imine (C=N–C) groups is 1. The van der Waals surface area contributed by atoms with E-state index in [1.165, 1.54) is 0 Å². The standard InChI is InChI=1S/C16H25N3O2/c1-19(14-10-6-5-7-11-14)16(17)18-13-9-4-2-3-8-12-15(20)21/h5-7,10-11H,2-4,8-9,12-13H2,1H3,(H2,17,18)(H,20,21). The molecule has 0 heterocycles. The van der Waals surface area contributed by atoms with Crippen molar-refractivity contribution in [2.75, 3.05) is 18.5 Å². The molecule has 0 aliphatic carbocycles. The van der Waals surface area contributed by atoms with E-state index >= 15 is 0 Å². The Kier molecular flexibility index (Phi) is 7.94. The van der Waals surface area contributed by atoms with Crippen molar-refractivity contribution in [1.29, 1.82) is 0 Å². The first-order valence-corrected chi connectivity index (χ1v) is 7.41. The fraction of sp³-hybridized carbons (Fsp3) is 0.500. The number of nitrogens with two attached hydrogens (primary N) is 1. The molecule has 0 fully saturated rings. The van der Waals surface area contributed by atoms with Gasteiger partial charge in [0.05, 0.1) is 0 Å². The van der Waals surface area contributed by atoms with Crippen LogP contribution in [-0.4, -0.2) is 30.6 Å². The summed E-state index contributed by atoms with van der Waals surface area (Å²) in [6.45, 7) is 0.710. The summed E-state index contributed by atoms with van der Waals surface area (Å²) in [6.07, 6.45) is 5.10. The topological polar surface area (TPSA) is 78.9 Å². The van der Waals surface area contributed by atoms with Crippen LogP contribution in [0.25, 0.3) is 0 Å². The quantitative estimate of drug-likeness (QED) is 0.416. The van der Waals surface area contributed by atoms with Crippen LogP contribution in [0.2, 0.25) is 0 Å². The number of carboxylic acids is 1. The van der Waals surface area contributed by atoms with Crippen LogP contribution in [0.3, 0.4) is 0 Å². The number of carboxylic acid groups (broad SMARTS) is 1. The lowest BCUT2D eigenvalue weighted by molar-refractivity contribution is -0.137. The van der Waals surface area contributed by atoms with E-state index < -0.39 is 5.97 Å². The number of rotatable bonds is 9. The van der Waals surface area contributed by atoms with Gasteiger partial charge in [-0.05, 0) is 25.0 Å². The molecule has 0 amide bonds. The maximum atomic E-state index is 10.4. The van der Waals surface area contributed by atoms with Crippen LogP contribution in [0.15, 0.2) is 35.3 Å². The molecule has 116 valence electrons. The number of carbonyl (C=O) groups is 1. The molecule has 0 aliphatic rings. The van der Waals surface area contributed by atoms with Crippen molar-refractivity contribution in [3.05, 3.63) is 30.3 Å². The second-order valence-electron chi connectivity index (χ2n) is 5.05. The highest BCUT2D eigenvalue weighted by Gasteiger charge is 2.03. The minimum Gasteiger partial charge on any atom is -0.481 e. The van der Waals surface area contributed by atoms with Gasteiger partial charge >= 0.3 is 5.97 Å². The zero-order valence-electron chi connectivity index (χ0n) is 12.7. The van der Waals surface area contributed by atoms with Gasteiger partial charge in [-0.2, -0.15) is 0 Å². The van der Waals surface area contributed by atoms with Crippen LogP contribution in [-0.2, 0) is 4.79 Å². The van der Waals surface area contributed by atoms with Crippen LogP contribution in [0.5, 0.6) is 0 Å². The molecule has 0 saturated carbocycles. The van der Waals surface area contributed by atoms with E-state index in [1.54, 1.807) is 0 Å². The number of benzene rings is 1. The van der Waals surface area contributed by atoms with Gasteiger partial charge < -0.3 is 15.7 Å². The van der Waals surface area contributed by atoms with E-state index in [0.717, 1.165) is 37.8 Å². The lowest BCUT2D eigenvalue weighted by atomic mass is 10.1. The molecule has 0 unspecified atom stereocenters.